The monoisotopic (exact) mass is 328 g/mol. The van der Waals surface area contributed by atoms with Crippen LogP contribution < -0.4 is 0 Å². The Hall–Kier alpha value is -0.563. The van der Waals surface area contributed by atoms with Gasteiger partial charge in [-0.15, -0.1) is 0 Å². The van der Waals surface area contributed by atoms with Crippen LogP contribution in [0.25, 0.3) is 0 Å². The molecule has 0 aromatic carbocycles. The molecule has 6 heteroatoms. The van der Waals surface area contributed by atoms with Crippen molar-refractivity contribution in [2.75, 3.05) is 34.5 Å². The van der Waals surface area contributed by atoms with Crippen molar-refractivity contribution in [2.24, 2.45) is 0 Å². The molecule has 1 atom stereocenters. The summed E-state index contributed by atoms with van der Waals surface area (Å²) in [6.07, 6.45) is 12.4. The second kappa shape index (κ2) is 8.33. The zero-order valence-electron chi connectivity index (χ0n) is 14.6. The lowest BCUT2D eigenvalue weighted by Crippen LogP contribution is -2.47. The molecule has 0 radical (unpaired) electrons. The van der Waals surface area contributed by atoms with E-state index >= 15 is 0 Å². The summed E-state index contributed by atoms with van der Waals surface area (Å²) >= 11 is 0. The quantitative estimate of drug-likeness (QED) is 0.640. The predicted molar refractivity (Wildman–Crippen MR) is 90.2 cm³/mol. The maximum atomic E-state index is 5.58. The number of nitrogens with zero attached hydrogens (tertiary/aromatic N) is 2. The molecule has 1 unspecified atom stereocenters. The summed E-state index contributed by atoms with van der Waals surface area (Å²) < 4.78 is 16.7. The van der Waals surface area contributed by atoms with Gasteiger partial charge in [-0.3, -0.25) is 0 Å². The minimum absolute atomic E-state index is 0.296. The third kappa shape index (κ3) is 4.04. The van der Waals surface area contributed by atoms with Gasteiger partial charge in [0.05, 0.1) is 6.67 Å². The van der Waals surface area contributed by atoms with Crippen molar-refractivity contribution in [3.05, 3.63) is 12.4 Å². The van der Waals surface area contributed by atoms with Gasteiger partial charge < -0.3 is 23.1 Å². The SMILES string of the molecule is CO[Si](OC)(OC)C(C)CCN1C=CN(C2CCCCC2)C1. The summed E-state index contributed by atoms with van der Waals surface area (Å²) in [6, 6.07) is 0.748. The van der Waals surface area contributed by atoms with Crippen LogP contribution in [0.3, 0.4) is 0 Å². The predicted octanol–water partition coefficient (Wildman–Crippen LogP) is 3.02. The lowest BCUT2D eigenvalue weighted by Gasteiger charge is -2.33. The average molecular weight is 329 g/mol. The van der Waals surface area contributed by atoms with Crippen molar-refractivity contribution < 1.29 is 13.3 Å². The number of hydrogen-bond donors (Lipinski definition) is 0. The molecule has 0 aromatic heterocycles. The van der Waals surface area contributed by atoms with Crippen molar-refractivity contribution in [3.8, 4) is 0 Å². The van der Waals surface area contributed by atoms with E-state index in [1.54, 1.807) is 21.3 Å². The molecule has 0 spiro atoms. The molecule has 0 bridgehead atoms. The molecule has 1 aliphatic heterocycles. The minimum atomic E-state index is -2.51. The first kappa shape index (κ1) is 17.8. The highest BCUT2D eigenvalue weighted by molar-refractivity contribution is 6.62. The molecule has 1 fully saturated rings. The Morgan fingerprint density at radius 3 is 2.27 bits per heavy atom. The van der Waals surface area contributed by atoms with E-state index in [2.05, 4.69) is 29.1 Å². The summed E-state index contributed by atoms with van der Waals surface area (Å²) in [4.78, 5) is 4.91. The molecule has 2 aliphatic rings. The fourth-order valence-electron chi connectivity index (χ4n) is 3.67. The molecule has 1 heterocycles. The maximum Gasteiger partial charge on any atom is 0.503 e. The molecular formula is C16H32N2O3Si. The number of hydrogen-bond acceptors (Lipinski definition) is 5. The van der Waals surface area contributed by atoms with Gasteiger partial charge in [0.1, 0.15) is 0 Å². The largest absolute Gasteiger partial charge is 0.503 e. The summed E-state index contributed by atoms with van der Waals surface area (Å²) in [5.74, 6) is 0. The van der Waals surface area contributed by atoms with Gasteiger partial charge in [-0.2, -0.15) is 0 Å². The summed E-state index contributed by atoms with van der Waals surface area (Å²) in [6.45, 7) is 4.21. The van der Waals surface area contributed by atoms with E-state index in [9.17, 15) is 0 Å². The molecular weight excluding hydrogens is 296 g/mol. The van der Waals surface area contributed by atoms with Gasteiger partial charge in [0.2, 0.25) is 0 Å². The van der Waals surface area contributed by atoms with Crippen LogP contribution in [0.2, 0.25) is 5.54 Å². The summed E-state index contributed by atoms with van der Waals surface area (Å²) in [7, 11) is 2.57. The molecule has 2 rings (SSSR count). The summed E-state index contributed by atoms with van der Waals surface area (Å²) in [5, 5.41) is 0. The fourth-order valence-corrected chi connectivity index (χ4v) is 5.86. The van der Waals surface area contributed by atoms with Crippen LogP contribution in [0.15, 0.2) is 12.4 Å². The van der Waals surface area contributed by atoms with Gasteiger partial charge in [-0.1, -0.05) is 26.2 Å². The van der Waals surface area contributed by atoms with Crippen molar-refractivity contribution >= 4 is 8.80 Å². The van der Waals surface area contributed by atoms with Crippen molar-refractivity contribution in [2.45, 2.75) is 57.0 Å². The minimum Gasteiger partial charge on any atom is -0.377 e. The highest BCUT2D eigenvalue weighted by Crippen LogP contribution is 2.29. The summed E-state index contributed by atoms with van der Waals surface area (Å²) in [5.41, 5.74) is 0.296. The van der Waals surface area contributed by atoms with Crippen LogP contribution in [-0.2, 0) is 13.3 Å². The van der Waals surface area contributed by atoms with Crippen LogP contribution in [0.1, 0.15) is 45.4 Å². The standard InChI is InChI=1S/C16H32N2O3Si/c1-15(22(19-2,20-3)21-4)10-11-17-12-13-18(14-17)16-8-6-5-7-9-16/h12-13,15-16H,5-11,14H2,1-4H3. The molecule has 1 aliphatic carbocycles. The first-order valence-electron chi connectivity index (χ1n) is 8.48. The Morgan fingerprint density at radius 1 is 1.05 bits per heavy atom. The van der Waals surface area contributed by atoms with E-state index in [1.807, 2.05) is 0 Å². The molecule has 0 aromatic rings. The van der Waals surface area contributed by atoms with Crippen LogP contribution >= 0.6 is 0 Å². The molecule has 22 heavy (non-hydrogen) atoms. The van der Waals surface area contributed by atoms with E-state index in [4.69, 9.17) is 13.3 Å². The average Bonchev–Trinajstić information content (AvgIpc) is 3.05. The van der Waals surface area contributed by atoms with Crippen LogP contribution in [0.5, 0.6) is 0 Å². The van der Waals surface area contributed by atoms with E-state index in [0.29, 0.717) is 5.54 Å². The van der Waals surface area contributed by atoms with Crippen LogP contribution in [0.4, 0.5) is 0 Å². The van der Waals surface area contributed by atoms with Crippen molar-refractivity contribution in [1.82, 2.24) is 9.80 Å². The normalized spacial score (nSPS) is 21.6. The smallest absolute Gasteiger partial charge is 0.377 e. The van der Waals surface area contributed by atoms with Gasteiger partial charge >= 0.3 is 8.80 Å². The maximum absolute atomic E-state index is 5.58. The van der Waals surface area contributed by atoms with Crippen molar-refractivity contribution in [3.63, 3.8) is 0 Å². The number of rotatable bonds is 8. The van der Waals surface area contributed by atoms with Crippen molar-refractivity contribution in [1.29, 1.82) is 0 Å². The topological polar surface area (TPSA) is 34.2 Å². The Bertz CT molecular complexity index is 349. The Labute approximate surface area is 136 Å². The highest BCUT2D eigenvalue weighted by Gasteiger charge is 2.44. The molecule has 128 valence electrons. The molecule has 0 amide bonds. The van der Waals surface area contributed by atoms with Gasteiger partial charge in [0.25, 0.3) is 0 Å². The Morgan fingerprint density at radius 2 is 1.68 bits per heavy atom. The van der Waals surface area contributed by atoms with Gasteiger partial charge in [0, 0.05) is 51.9 Å². The first-order valence-corrected chi connectivity index (χ1v) is 10.3. The highest BCUT2D eigenvalue weighted by atomic mass is 28.4. The van der Waals surface area contributed by atoms with Gasteiger partial charge in [-0.05, 0) is 19.3 Å². The van der Waals surface area contributed by atoms with Gasteiger partial charge in [-0.25, -0.2) is 0 Å². The van der Waals surface area contributed by atoms with E-state index in [-0.39, 0.29) is 0 Å². The molecule has 1 saturated carbocycles. The van der Waals surface area contributed by atoms with E-state index < -0.39 is 8.80 Å². The Kier molecular flexibility index (Phi) is 6.74. The molecule has 0 saturated heterocycles. The Balaban J connectivity index is 1.77. The zero-order chi connectivity index (χ0) is 16.0. The fraction of sp³-hybridized carbons (Fsp3) is 0.875. The van der Waals surface area contributed by atoms with Crippen LogP contribution in [0, 0.1) is 0 Å². The third-order valence-electron chi connectivity index (χ3n) is 5.16. The first-order chi connectivity index (χ1) is 10.6. The molecule has 0 N–H and O–H groups in total. The van der Waals surface area contributed by atoms with E-state index in [0.717, 1.165) is 25.7 Å². The second-order valence-corrected chi connectivity index (χ2v) is 9.88. The lowest BCUT2D eigenvalue weighted by atomic mass is 9.95. The van der Waals surface area contributed by atoms with E-state index in [1.165, 1.54) is 32.1 Å². The second-order valence-electron chi connectivity index (χ2n) is 6.46. The lowest BCUT2D eigenvalue weighted by molar-refractivity contribution is 0.109. The third-order valence-corrected chi connectivity index (χ3v) is 8.37. The van der Waals surface area contributed by atoms with Gasteiger partial charge in [0.15, 0.2) is 0 Å². The zero-order valence-corrected chi connectivity index (χ0v) is 15.6. The van der Waals surface area contributed by atoms with Crippen LogP contribution in [-0.4, -0.2) is 59.2 Å². The molecule has 5 nitrogen and oxygen atoms in total.